The number of amidine groups is 1. The summed E-state index contributed by atoms with van der Waals surface area (Å²) in [6.07, 6.45) is -6.05. The van der Waals surface area contributed by atoms with E-state index in [-0.39, 0.29) is 16.3 Å². The second-order valence-corrected chi connectivity index (χ2v) is 6.88. The average molecular weight is 393 g/mol. The number of rotatable bonds is 5. The van der Waals surface area contributed by atoms with Gasteiger partial charge in [-0.05, 0) is 19.1 Å². The largest absolute Gasteiger partial charge is 0.451 e. The smallest absolute Gasteiger partial charge is 0.405 e. The number of sulfonamides is 1. The highest BCUT2D eigenvalue weighted by Crippen LogP contribution is 2.22. The zero-order chi connectivity index (χ0) is 19.5. The molecule has 1 atom stereocenters. The van der Waals surface area contributed by atoms with Gasteiger partial charge in [-0.25, -0.2) is 8.42 Å². The third kappa shape index (κ3) is 4.94. The lowest BCUT2D eigenvalue weighted by molar-refractivity contribution is -0.156. The Morgan fingerprint density at radius 2 is 1.96 bits per heavy atom. The number of halogens is 3. The van der Waals surface area contributed by atoms with Gasteiger partial charge in [0, 0.05) is 5.56 Å². The van der Waals surface area contributed by atoms with Crippen molar-refractivity contribution in [1.29, 1.82) is 0 Å². The molecule has 1 aromatic carbocycles. The van der Waals surface area contributed by atoms with Crippen LogP contribution in [0.2, 0.25) is 0 Å². The van der Waals surface area contributed by atoms with Crippen molar-refractivity contribution in [1.82, 2.24) is 10.0 Å². The summed E-state index contributed by atoms with van der Waals surface area (Å²) in [7, 11) is -3.76. The first kappa shape index (κ1) is 19.7. The number of carbonyl (C=O) groups is 2. The van der Waals surface area contributed by atoms with Gasteiger partial charge in [-0.3, -0.25) is 19.3 Å². The summed E-state index contributed by atoms with van der Waals surface area (Å²) in [6.45, 7) is -1.07. The number of benzene rings is 1. The van der Waals surface area contributed by atoms with Crippen LogP contribution in [0.3, 0.4) is 0 Å². The van der Waals surface area contributed by atoms with E-state index in [1.54, 1.807) is 11.4 Å². The number of carbonyl (C=O) groups excluding carboxylic acids is 2. The van der Waals surface area contributed by atoms with Crippen LogP contribution in [0.1, 0.15) is 12.5 Å². The predicted octanol–water partition coefficient (Wildman–Crippen LogP) is 0.335. The van der Waals surface area contributed by atoms with Gasteiger partial charge in [0.25, 0.3) is 15.9 Å². The number of alkyl halides is 3. The van der Waals surface area contributed by atoms with E-state index in [0.717, 1.165) is 6.92 Å². The van der Waals surface area contributed by atoms with Gasteiger partial charge in [-0.15, -0.1) is 0 Å². The molecular formula is C14H14F3N3O5S. The molecule has 0 saturated carbocycles. The van der Waals surface area contributed by atoms with E-state index in [2.05, 4.69) is 14.5 Å². The lowest BCUT2D eigenvalue weighted by atomic mass is 10.2. The Labute approximate surface area is 146 Å². The molecule has 0 radical (unpaired) electrons. The third-order valence-corrected chi connectivity index (χ3v) is 4.57. The molecule has 26 heavy (non-hydrogen) atoms. The fourth-order valence-electron chi connectivity index (χ4n) is 2.01. The molecule has 0 bridgehead atoms. The second kappa shape index (κ2) is 7.32. The number of esters is 1. The van der Waals surface area contributed by atoms with Gasteiger partial charge in [0.1, 0.15) is 18.9 Å². The summed E-state index contributed by atoms with van der Waals surface area (Å²) in [5, 5.41) is 1.58. The van der Waals surface area contributed by atoms with Gasteiger partial charge in [0.05, 0.1) is 4.90 Å². The maximum absolute atomic E-state index is 12.0. The molecule has 2 N–H and O–H groups in total. The lowest BCUT2D eigenvalue weighted by Gasteiger charge is -2.14. The molecular weight excluding hydrogens is 379 g/mol. The van der Waals surface area contributed by atoms with Gasteiger partial charge in [0.2, 0.25) is 0 Å². The molecule has 0 aliphatic carbocycles. The monoisotopic (exact) mass is 393 g/mol. The van der Waals surface area contributed by atoms with Crippen molar-refractivity contribution in [2.45, 2.75) is 24.1 Å². The van der Waals surface area contributed by atoms with Gasteiger partial charge >= 0.3 is 12.1 Å². The molecule has 1 heterocycles. The molecule has 12 heteroatoms. The van der Waals surface area contributed by atoms with Gasteiger partial charge in [0.15, 0.2) is 6.10 Å². The number of nitrogens with one attached hydrogen (secondary N) is 2. The molecule has 1 aromatic rings. The van der Waals surface area contributed by atoms with Crippen molar-refractivity contribution in [3.63, 3.8) is 0 Å². The highest BCUT2D eigenvalue weighted by Gasteiger charge is 2.31. The minimum atomic E-state index is -4.58. The van der Waals surface area contributed by atoms with Crippen LogP contribution in [-0.2, 0) is 24.3 Å². The Morgan fingerprint density at radius 3 is 2.62 bits per heavy atom. The van der Waals surface area contributed by atoms with E-state index in [4.69, 9.17) is 0 Å². The van der Waals surface area contributed by atoms with Gasteiger partial charge in [-0.2, -0.15) is 13.2 Å². The highest BCUT2D eigenvalue weighted by molar-refractivity contribution is 7.90. The molecule has 0 aromatic heterocycles. The summed E-state index contributed by atoms with van der Waals surface area (Å²) in [6, 6.07) is 5.97. The zero-order valence-corrected chi connectivity index (χ0v) is 14.1. The number of amides is 1. The first-order valence-electron chi connectivity index (χ1n) is 7.20. The standard InChI is InChI=1S/C14H14F3N3O5S/c1-8(13(22)19-7-14(15,16)17)25-11(21)6-18-12-9-4-2-3-5-10(9)26(23,24)20-12/h2-5,8H,6-7H2,1H3,(H,18,20)(H,19,22)/t8-/m0/s1. The maximum atomic E-state index is 12.0. The summed E-state index contributed by atoms with van der Waals surface area (Å²) in [4.78, 5) is 26.9. The molecule has 1 amide bonds. The van der Waals surface area contributed by atoms with Crippen LogP contribution >= 0.6 is 0 Å². The molecule has 8 nitrogen and oxygen atoms in total. The van der Waals surface area contributed by atoms with Crippen LogP contribution in [0.5, 0.6) is 0 Å². The van der Waals surface area contributed by atoms with Crippen molar-refractivity contribution in [3.05, 3.63) is 29.8 Å². The normalized spacial score (nSPS) is 17.9. The van der Waals surface area contributed by atoms with Gasteiger partial charge < -0.3 is 10.1 Å². The molecule has 142 valence electrons. The first-order valence-corrected chi connectivity index (χ1v) is 8.68. The van der Waals surface area contributed by atoms with Crippen molar-refractivity contribution < 1.29 is 35.9 Å². The minimum absolute atomic E-state index is 0.00649. The Bertz CT molecular complexity index is 852. The molecule has 0 unspecified atom stereocenters. The number of hydrogen-bond donors (Lipinski definition) is 2. The topological polar surface area (TPSA) is 114 Å². The van der Waals surface area contributed by atoms with E-state index in [1.807, 2.05) is 0 Å². The van der Waals surface area contributed by atoms with Crippen LogP contribution in [0.25, 0.3) is 0 Å². The SMILES string of the molecule is C[C@H](OC(=O)CN=C1NS(=O)(=O)c2ccccc21)C(=O)NCC(F)(F)F. The number of aliphatic imine (C=N–C) groups is 1. The fourth-order valence-corrected chi connectivity index (χ4v) is 3.26. The minimum Gasteiger partial charge on any atom is -0.451 e. The quantitative estimate of drug-likeness (QED) is 0.700. The number of fused-ring (bicyclic) bond motifs is 1. The van der Waals surface area contributed by atoms with Gasteiger partial charge in [-0.1, -0.05) is 12.1 Å². The molecule has 0 spiro atoms. The van der Waals surface area contributed by atoms with E-state index in [0.29, 0.717) is 0 Å². The Hall–Kier alpha value is -2.63. The van der Waals surface area contributed by atoms with E-state index in [1.165, 1.54) is 18.2 Å². The Morgan fingerprint density at radius 1 is 1.31 bits per heavy atom. The first-order chi connectivity index (χ1) is 12.0. The van der Waals surface area contributed by atoms with Crippen molar-refractivity contribution in [2.24, 2.45) is 4.99 Å². The molecule has 2 rings (SSSR count). The predicted molar refractivity (Wildman–Crippen MR) is 82.8 cm³/mol. The van der Waals surface area contributed by atoms with Crippen LogP contribution in [0.15, 0.2) is 34.2 Å². The van der Waals surface area contributed by atoms with Crippen LogP contribution in [-0.4, -0.2) is 51.5 Å². The van der Waals surface area contributed by atoms with E-state index in [9.17, 15) is 31.2 Å². The average Bonchev–Trinajstić information content (AvgIpc) is 2.81. The van der Waals surface area contributed by atoms with Crippen LogP contribution < -0.4 is 10.0 Å². The summed E-state index contributed by atoms with van der Waals surface area (Å²) < 4.78 is 66.7. The van der Waals surface area contributed by atoms with E-state index < -0.39 is 47.3 Å². The summed E-state index contributed by atoms with van der Waals surface area (Å²) in [5.41, 5.74) is 0.274. The number of hydrogen-bond acceptors (Lipinski definition) is 6. The molecule has 0 fully saturated rings. The number of ether oxygens (including phenoxy) is 1. The zero-order valence-electron chi connectivity index (χ0n) is 13.3. The highest BCUT2D eigenvalue weighted by atomic mass is 32.2. The second-order valence-electron chi connectivity index (χ2n) is 5.23. The number of nitrogens with zero attached hydrogens (tertiary/aromatic N) is 1. The van der Waals surface area contributed by atoms with E-state index >= 15 is 0 Å². The molecule has 1 aliphatic heterocycles. The maximum Gasteiger partial charge on any atom is 0.405 e. The summed E-state index contributed by atoms with van der Waals surface area (Å²) >= 11 is 0. The molecule has 0 saturated heterocycles. The van der Waals surface area contributed by atoms with Crippen molar-refractivity contribution in [2.75, 3.05) is 13.1 Å². The third-order valence-electron chi connectivity index (χ3n) is 3.17. The molecule has 1 aliphatic rings. The fraction of sp³-hybridized carbons (Fsp3) is 0.357. The van der Waals surface area contributed by atoms with Crippen LogP contribution in [0, 0.1) is 0 Å². The lowest BCUT2D eigenvalue weighted by Crippen LogP contribution is -2.41. The van der Waals surface area contributed by atoms with Crippen molar-refractivity contribution in [3.8, 4) is 0 Å². The van der Waals surface area contributed by atoms with Crippen molar-refractivity contribution >= 4 is 27.7 Å². The van der Waals surface area contributed by atoms with Crippen LogP contribution in [0.4, 0.5) is 13.2 Å². The summed E-state index contributed by atoms with van der Waals surface area (Å²) in [5.74, 6) is -2.18. The Kier molecular flexibility index (Phi) is 5.54. The Balaban J connectivity index is 1.95.